The van der Waals surface area contributed by atoms with Gasteiger partial charge in [-0.1, -0.05) is 0 Å². The van der Waals surface area contributed by atoms with E-state index in [1.807, 2.05) is 0 Å². The average molecular weight is 873 g/mol. The van der Waals surface area contributed by atoms with Crippen molar-refractivity contribution in [2.75, 3.05) is 85.3 Å². The molecule has 0 aliphatic heterocycles. The molecule has 0 rings (SSSR count). The van der Waals surface area contributed by atoms with Crippen LogP contribution in [0.4, 0.5) is 0 Å². The predicted octanol–water partition coefficient (Wildman–Crippen LogP) is -15.0. The quantitative estimate of drug-likeness (QED) is 0.0365. The van der Waals surface area contributed by atoms with Gasteiger partial charge >= 0.3 is 111 Å². The van der Waals surface area contributed by atoms with Crippen molar-refractivity contribution >= 4 is 49.5 Å². The van der Waals surface area contributed by atoms with Crippen LogP contribution >= 0.6 is 7.82 Å². The second-order valence-electron chi connectivity index (χ2n) is 9.15. The van der Waals surface area contributed by atoms with E-state index in [-0.39, 0.29) is 125 Å². The molecular weight excluding hydrogens is 838 g/mol. The van der Waals surface area contributed by atoms with Crippen molar-refractivity contribution in [2.24, 2.45) is 0 Å². The summed E-state index contributed by atoms with van der Waals surface area (Å²) in [5, 5.41) is 46.3. The third-order valence-electron chi connectivity index (χ3n) is 5.14. The van der Waals surface area contributed by atoms with Gasteiger partial charge in [-0.15, -0.1) is 0 Å². The minimum Gasteiger partial charge on any atom is -0.756 e. The number of phosphoric ester groups is 1. The number of hydrogen-bond donors (Lipinski definition) is 1. The fourth-order valence-electron chi connectivity index (χ4n) is 3.37. The Morgan fingerprint density at radius 3 is 1.50 bits per heavy atom. The van der Waals surface area contributed by atoms with Gasteiger partial charge in [0.05, 0.1) is 43.6 Å². The summed E-state index contributed by atoms with van der Waals surface area (Å²) in [6.45, 7) is -4.60. The Kier molecular flexibility index (Phi) is 34.3. The molecule has 2 atom stereocenters. The fraction of sp³-hybridized carbons (Fsp3) is 0.696. The van der Waals surface area contributed by atoms with Crippen molar-refractivity contribution in [3.8, 4) is 0 Å². The van der Waals surface area contributed by atoms with E-state index in [9.17, 15) is 63.4 Å². The van der Waals surface area contributed by atoms with Gasteiger partial charge in [0.1, 0.15) is 6.61 Å². The van der Waals surface area contributed by atoms with E-state index >= 15 is 0 Å². The van der Waals surface area contributed by atoms with Crippen LogP contribution in [0, 0.1) is 39.9 Å². The zero-order chi connectivity index (χ0) is 34.6. The number of hydrogen-bond acceptors (Lipinski definition) is 20. The molecule has 25 heteroatoms. The number of ether oxygens (including phenoxy) is 2. The Labute approximate surface area is 352 Å². The number of carbonyl (C=O) groups is 7. The van der Waals surface area contributed by atoms with Crippen LogP contribution in [-0.2, 0) is 56.6 Å². The molecule has 1 N–H and O–H groups in total. The summed E-state index contributed by atoms with van der Waals surface area (Å²) in [6.07, 6.45) is -1.25. The van der Waals surface area contributed by atoms with E-state index in [4.69, 9.17) is 4.74 Å². The van der Waals surface area contributed by atoms with Gasteiger partial charge in [0, 0.05) is 72.8 Å². The van der Waals surface area contributed by atoms with Gasteiger partial charge in [-0.3, -0.25) is 33.6 Å². The second-order valence-corrected chi connectivity index (χ2v) is 10.6. The molecule has 0 saturated carbocycles. The minimum absolute atomic E-state index is 0. The molecule has 0 fully saturated rings. The van der Waals surface area contributed by atoms with Crippen LogP contribution < -0.4 is 89.8 Å². The molecule has 0 heterocycles. The average Bonchev–Trinajstić information content (AvgIpc) is 2.88. The van der Waals surface area contributed by atoms with Crippen molar-refractivity contribution in [2.45, 2.75) is 20.0 Å². The summed E-state index contributed by atoms with van der Waals surface area (Å²) in [6, 6.07) is 0. The molecule has 48 heavy (non-hydrogen) atoms. The van der Waals surface area contributed by atoms with Gasteiger partial charge in [0.2, 0.25) is 5.91 Å². The van der Waals surface area contributed by atoms with Gasteiger partial charge in [-0.2, -0.15) is 0 Å². The molecule has 1 unspecified atom stereocenters. The second kappa shape index (κ2) is 30.3. The zero-order valence-corrected chi connectivity index (χ0v) is 34.0. The van der Waals surface area contributed by atoms with E-state index in [1.165, 1.54) is 4.90 Å². The Balaban J connectivity index is -0.00000323. The number of carboxylic acids is 4. The third kappa shape index (κ3) is 32.8. The first-order chi connectivity index (χ1) is 20.9. The van der Waals surface area contributed by atoms with Gasteiger partial charge in [0.25, 0.3) is 7.82 Å². The molecule has 0 aliphatic carbocycles. The van der Waals surface area contributed by atoms with Crippen molar-refractivity contribution in [3.63, 3.8) is 0 Å². The molecule has 0 bridgehead atoms. The Bertz CT molecular complexity index is 1080. The molecule has 1 amide bonds. The maximum Gasteiger partial charge on any atom is 3.00 e. The van der Waals surface area contributed by atoms with E-state index in [1.54, 1.807) is 0 Å². The standard InChI is InChI=1S/C23H39N4O17P.Gd.2Na/c1-16(28)41-14-18(44-17(2)29)15-43-45(39,40)42-8-3-24-19(30)9-26(11-21(33)34)6-4-25(10-20(31)32)5-7-27(12-22(35)36)13-23(37)38;;;/h18H,3-15H2,1-2H3,(H,24,30)(H,31,32)(H,33,34)(H,35,36)(H,37,38)(H,39,40);;;/q;+3;2*+1/p-5/t18-;;;/m1.../s1. The summed E-state index contributed by atoms with van der Waals surface area (Å²) in [4.78, 5) is 93.4. The monoisotopic (exact) mass is 873 g/mol. The van der Waals surface area contributed by atoms with Crippen LogP contribution in [0.5, 0.6) is 0 Å². The summed E-state index contributed by atoms with van der Waals surface area (Å²) in [7, 11) is -4.97. The van der Waals surface area contributed by atoms with Crippen LogP contribution in [0.25, 0.3) is 0 Å². The van der Waals surface area contributed by atoms with Crippen LogP contribution in [0.3, 0.4) is 0 Å². The molecule has 0 aliphatic rings. The van der Waals surface area contributed by atoms with Gasteiger partial charge in [0.15, 0.2) is 6.10 Å². The summed E-state index contributed by atoms with van der Waals surface area (Å²) >= 11 is 0. The number of nitrogens with one attached hydrogen (secondary N) is 1. The normalized spacial score (nSPS) is 12.4. The molecule has 0 saturated heterocycles. The first-order valence-electron chi connectivity index (χ1n) is 13.0. The van der Waals surface area contributed by atoms with Crippen LogP contribution in [-0.4, -0.2) is 148 Å². The number of amides is 1. The molecule has 21 nitrogen and oxygen atoms in total. The first-order valence-corrected chi connectivity index (χ1v) is 14.5. The van der Waals surface area contributed by atoms with Gasteiger partial charge < -0.3 is 68.3 Å². The number of phosphoric acid groups is 1. The maximum absolute atomic E-state index is 12.3. The van der Waals surface area contributed by atoms with Crippen molar-refractivity contribution in [1.82, 2.24) is 20.0 Å². The number of esters is 2. The zero-order valence-electron chi connectivity index (χ0n) is 26.9. The summed E-state index contributed by atoms with van der Waals surface area (Å²) < 4.78 is 30.5. The third-order valence-corrected chi connectivity index (χ3v) is 6.10. The molecule has 0 aromatic rings. The number of rotatable bonds is 26. The summed E-state index contributed by atoms with van der Waals surface area (Å²) in [5.74, 6) is -8.62. The number of nitrogens with zero attached hydrogens (tertiary/aromatic N) is 3. The number of carbonyl (C=O) groups excluding carboxylic acids is 7. The smallest absolute Gasteiger partial charge is 0.756 e. The van der Waals surface area contributed by atoms with E-state index in [0.29, 0.717) is 0 Å². The van der Waals surface area contributed by atoms with Crippen LogP contribution in [0.15, 0.2) is 0 Å². The van der Waals surface area contributed by atoms with Crippen LogP contribution in [0.1, 0.15) is 13.8 Å². The maximum atomic E-state index is 12.3. The van der Waals surface area contributed by atoms with E-state index in [2.05, 4.69) is 19.1 Å². The Morgan fingerprint density at radius 1 is 0.667 bits per heavy atom. The van der Waals surface area contributed by atoms with E-state index < -0.39 is 115 Å². The first kappa shape index (κ1) is 54.4. The molecule has 1 radical (unpaired) electrons. The number of carboxylic acid groups (broad SMARTS) is 4. The summed E-state index contributed by atoms with van der Waals surface area (Å²) in [5.41, 5.74) is 0. The van der Waals surface area contributed by atoms with E-state index in [0.717, 1.165) is 23.6 Å². The van der Waals surface area contributed by atoms with Crippen molar-refractivity contribution in [3.05, 3.63) is 0 Å². The Hall–Kier alpha value is -0.395. The fourth-order valence-corrected chi connectivity index (χ4v) is 4.11. The molecular formula is C23H34GdN4Na2O17P. The molecule has 0 aromatic heterocycles. The number of aliphatic carboxylic acids is 4. The molecule has 0 spiro atoms. The van der Waals surface area contributed by atoms with Crippen molar-refractivity contribution < 1.29 is 181 Å². The minimum atomic E-state index is -4.97. The van der Waals surface area contributed by atoms with Crippen LogP contribution in [0.2, 0.25) is 0 Å². The SMILES string of the molecule is CC(=O)OC[C@H](COP(=O)([O-])OCCNC(=O)CN(CCN(CCN(CC(=O)[O-])CC(=O)[O-])CC(=O)[O-])CC(=O)[O-])OC(C)=O.[Gd+3].[Na+].[Na+]. The largest absolute Gasteiger partial charge is 3.00 e. The molecule has 0 aromatic carbocycles. The predicted molar refractivity (Wildman–Crippen MR) is 134 cm³/mol. The Morgan fingerprint density at radius 2 is 1.08 bits per heavy atom. The molecule has 263 valence electrons. The van der Waals surface area contributed by atoms with Gasteiger partial charge in [-0.25, -0.2) is 0 Å². The topological polar surface area (TPSA) is 311 Å². The van der Waals surface area contributed by atoms with Crippen molar-refractivity contribution in [1.29, 1.82) is 0 Å². The van der Waals surface area contributed by atoms with Gasteiger partial charge in [-0.05, 0) is 0 Å².